The summed E-state index contributed by atoms with van der Waals surface area (Å²) in [7, 11) is 0. The Morgan fingerprint density at radius 1 is 0.957 bits per heavy atom. The molecular formula is C16H20F3NO3. The van der Waals surface area contributed by atoms with Crippen LogP contribution in [0.15, 0.2) is 24.3 Å². The number of hydrogen-bond acceptors (Lipinski definition) is 2. The minimum Gasteiger partial charge on any atom is -0.481 e. The number of amides is 1. The van der Waals surface area contributed by atoms with Crippen LogP contribution in [0.4, 0.5) is 13.2 Å². The summed E-state index contributed by atoms with van der Waals surface area (Å²) in [6.07, 6.45) is -0.248. The molecule has 1 aromatic rings. The number of rotatable bonds is 9. The van der Waals surface area contributed by atoms with Crippen LogP contribution >= 0.6 is 0 Å². The van der Waals surface area contributed by atoms with Gasteiger partial charge in [-0.2, -0.15) is 13.2 Å². The fourth-order valence-corrected chi connectivity index (χ4v) is 2.05. The number of benzene rings is 1. The van der Waals surface area contributed by atoms with Gasteiger partial charge in [0.05, 0.1) is 5.56 Å². The molecule has 1 aromatic carbocycles. The van der Waals surface area contributed by atoms with Crippen molar-refractivity contribution in [1.29, 1.82) is 0 Å². The van der Waals surface area contributed by atoms with Crippen molar-refractivity contribution >= 4 is 11.9 Å². The van der Waals surface area contributed by atoms with Crippen LogP contribution in [0.25, 0.3) is 0 Å². The number of unbranched alkanes of at least 4 members (excludes halogenated alkanes) is 4. The van der Waals surface area contributed by atoms with Crippen LogP contribution in [0.1, 0.15) is 54.4 Å². The highest BCUT2D eigenvalue weighted by Gasteiger charge is 2.30. The molecule has 0 spiro atoms. The molecule has 128 valence electrons. The fourth-order valence-electron chi connectivity index (χ4n) is 2.05. The second kappa shape index (κ2) is 9.17. The smallest absolute Gasteiger partial charge is 0.416 e. The fraction of sp³-hybridized carbons (Fsp3) is 0.500. The summed E-state index contributed by atoms with van der Waals surface area (Å²) in [6, 6.07) is 4.09. The molecule has 0 unspecified atom stereocenters. The minimum atomic E-state index is -4.41. The molecule has 0 heterocycles. The van der Waals surface area contributed by atoms with Crippen molar-refractivity contribution in [2.24, 2.45) is 0 Å². The quantitative estimate of drug-likeness (QED) is 0.675. The lowest BCUT2D eigenvalue weighted by Gasteiger charge is -2.08. The molecule has 0 atom stereocenters. The van der Waals surface area contributed by atoms with Crippen LogP contribution in [0.3, 0.4) is 0 Å². The molecule has 0 fully saturated rings. The highest BCUT2D eigenvalue weighted by molar-refractivity contribution is 5.94. The highest BCUT2D eigenvalue weighted by atomic mass is 19.4. The normalized spacial score (nSPS) is 11.3. The summed E-state index contributed by atoms with van der Waals surface area (Å²) in [5, 5.41) is 11.1. The number of alkyl halides is 3. The van der Waals surface area contributed by atoms with Gasteiger partial charge >= 0.3 is 12.1 Å². The standard InChI is InChI=1S/C16H20F3NO3/c17-16(18,19)13-9-7-12(8-10-13)15(23)20-11-5-3-1-2-4-6-14(21)22/h7-10H,1-6,11H2,(H,20,23)(H,21,22). The van der Waals surface area contributed by atoms with Crippen molar-refractivity contribution in [2.45, 2.75) is 44.7 Å². The Hall–Kier alpha value is -2.05. The predicted octanol–water partition coefficient (Wildman–Crippen LogP) is 3.86. The molecule has 0 radical (unpaired) electrons. The Morgan fingerprint density at radius 3 is 2.09 bits per heavy atom. The topological polar surface area (TPSA) is 66.4 Å². The van der Waals surface area contributed by atoms with E-state index in [2.05, 4.69) is 5.32 Å². The molecule has 0 aromatic heterocycles. The van der Waals surface area contributed by atoms with Crippen molar-refractivity contribution in [2.75, 3.05) is 6.54 Å². The summed E-state index contributed by atoms with van der Waals surface area (Å²) < 4.78 is 37.2. The highest BCUT2D eigenvalue weighted by Crippen LogP contribution is 2.29. The lowest BCUT2D eigenvalue weighted by atomic mass is 10.1. The Morgan fingerprint density at radius 2 is 1.52 bits per heavy atom. The minimum absolute atomic E-state index is 0.171. The maximum Gasteiger partial charge on any atom is 0.416 e. The maximum atomic E-state index is 12.4. The molecule has 2 N–H and O–H groups in total. The molecule has 0 saturated carbocycles. The van der Waals surface area contributed by atoms with E-state index in [1.807, 2.05) is 0 Å². The summed E-state index contributed by atoms with van der Waals surface area (Å²) in [5.41, 5.74) is -0.588. The van der Waals surface area contributed by atoms with E-state index in [4.69, 9.17) is 5.11 Å². The maximum absolute atomic E-state index is 12.4. The van der Waals surface area contributed by atoms with Crippen LogP contribution in [0.2, 0.25) is 0 Å². The summed E-state index contributed by atoms with van der Waals surface area (Å²) in [6.45, 7) is 0.443. The van der Waals surface area contributed by atoms with E-state index in [1.54, 1.807) is 0 Å². The molecule has 0 aliphatic heterocycles. The zero-order valence-electron chi connectivity index (χ0n) is 12.7. The first kappa shape index (κ1) is 19.0. The first-order chi connectivity index (χ1) is 10.8. The molecule has 0 bridgehead atoms. The number of nitrogens with one attached hydrogen (secondary N) is 1. The number of halogens is 3. The molecule has 0 saturated heterocycles. The lowest BCUT2D eigenvalue weighted by molar-refractivity contribution is -0.138. The second-order valence-electron chi connectivity index (χ2n) is 5.24. The van der Waals surface area contributed by atoms with E-state index in [9.17, 15) is 22.8 Å². The zero-order valence-corrected chi connectivity index (χ0v) is 12.7. The number of carbonyl (C=O) groups is 2. The number of hydrogen-bond donors (Lipinski definition) is 2. The molecule has 1 rings (SSSR count). The van der Waals surface area contributed by atoms with E-state index in [0.717, 1.165) is 49.9 Å². The summed E-state index contributed by atoms with van der Waals surface area (Å²) >= 11 is 0. The molecular weight excluding hydrogens is 311 g/mol. The monoisotopic (exact) mass is 331 g/mol. The van der Waals surface area contributed by atoms with Crippen molar-refractivity contribution in [1.82, 2.24) is 5.32 Å². The molecule has 0 aliphatic rings. The largest absolute Gasteiger partial charge is 0.481 e. The van der Waals surface area contributed by atoms with Gasteiger partial charge in [0.2, 0.25) is 0 Å². The van der Waals surface area contributed by atoms with E-state index in [0.29, 0.717) is 13.0 Å². The Labute approximate surface area is 132 Å². The second-order valence-corrected chi connectivity index (χ2v) is 5.24. The first-order valence-electron chi connectivity index (χ1n) is 7.48. The number of aliphatic carboxylic acids is 1. The molecule has 23 heavy (non-hydrogen) atoms. The van der Waals surface area contributed by atoms with E-state index < -0.39 is 23.6 Å². The summed E-state index contributed by atoms with van der Waals surface area (Å²) in [4.78, 5) is 22.1. The third-order valence-electron chi connectivity index (χ3n) is 3.33. The Bertz CT molecular complexity index is 512. The van der Waals surface area contributed by atoms with Crippen molar-refractivity contribution in [3.8, 4) is 0 Å². The average molecular weight is 331 g/mol. The predicted molar refractivity (Wildman–Crippen MR) is 79.1 cm³/mol. The van der Waals surface area contributed by atoms with Crippen LogP contribution in [0.5, 0.6) is 0 Å². The third-order valence-corrected chi connectivity index (χ3v) is 3.33. The third kappa shape index (κ3) is 7.67. The van der Waals surface area contributed by atoms with E-state index in [1.165, 1.54) is 0 Å². The van der Waals surface area contributed by atoms with E-state index >= 15 is 0 Å². The van der Waals surface area contributed by atoms with Gasteiger partial charge in [-0.1, -0.05) is 19.3 Å². The van der Waals surface area contributed by atoms with Gasteiger partial charge in [-0.25, -0.2) is 0 Å². The van der Waals surface area contributed by atoms with Gasteiger partial charge in [-0.05, 0) is 37.1 Å². The molecule has 1 amide bonds. The van der Waals surface area contributed by atoms with Crippen LogP contribution < -0.4 is 5.32 Å². The number of carboxylic acid groups (broad SMARTS) is 1. The average Bonchev–Trinajstić information content (AvgIpc) is 2.48. The van der Waals surface area contributed by atoms with Crippen molar-refractivity contribution < 1.29 is 27.9 Å². The van der Waals surface area contributed by atoms with Crippen LogP contribution in [-0.4, -0.2) is 23.5 Å². The lowest BCUT2D eigenvalue weighted by Crippen LogP contribution is -2.24. The van der Waals surface area contributed by atoms with Gasteiger partial charge in [-0.3, -0.25) is 9.59 Å². The Kier molecular flexibility index (Phi) is 7.57. The van der Waals surface area contributed by atoms with Crippen molar-refractivity contribution in [3.63, 3.8) is 0 Å². The number of carbonyl (C=O) groups excluding carboxylic acids is 1. The van der Waals surface area contributed by atoms with Gasteiger partial charge < -0.3 is 10.4 Å². The molecule has 4 nitrogen and oxygen atoms in total. The molecule has 7 heteroatoms. The summed E-state index contributed by atoms with van der Waals surface area (Å²) in [5.74, 6) is -1.20. The van der Waals surface area contributed by atoms with Crippen molar-refractivity contribution in [3.05, 3.63) is 35.4 Å². The van der Waals surface area contributed by atoms with Gasteiger partial charge in [0.1, 0.15) is 0 Å². The molecule has 0 aliphatic carbocycles. The number of carboxylic acids is 1. The van der Waals surface area contributed by atoms with Gasteiger partial charge in [0.15, 0.2) is 0 Å². The van der Waals surface area contributed by atoms with Gasteiger partial charge in [-0.15, -0.1) is 0 Å². The van der Waals surface area contributed by atoms with Crippen LogP contribution in [0, 0.1) is 0 Å². The van der Waals surface area contributed by atoms with E-state index in [-0.39, 0.29) is 12.0 Å². The SMILES string of the molecule is O=C(O)CCCCCCCNC(=O)c1ccc(C(F)(F)F)cc1. The zero-order chi connectivity index (χ0) is 17.3. The Balaban J connectivity index is 2.20. The van der Waals surface area contributed by atoms with Gasteiger partial charge in [0, 0.05) is 18.5 Å². The first-order valence-corrected chi connectivity index (χ1v) is 7.48. The van der Waals surface area contributed by atoms with Gasteiger partial charge in [0.25, 0.3) is 5.91 Å². The van der Waals surface area contributed by atoms with Crippen LogP contribution in [-0.2, 0) is 11.0 Å².